The lowest BCUT2D eigenvalue weighted by Gasteiger charge is -2.31. The summed E-state index contributed by atoms with van der Waals surface area (Å²) in [7, 11) is 0. The van der Waals surface area contributed by atoms with Crippen molar-refractivity contribution < 1.29 is 0 Å². The van der Waals surface area contributed by atoms with E-state index in [1.165, 1.54) is 31.5 Å². The van der Waals surface area contributed by atoms with Gasteiger partial charge in [-0.2, -0.15) is 0 Å². The van der Waals surface area contributed by atoms with E-state index in [9.17, 15) is 0 Å². The molecule has 1 saturated heterocycles. The summed E-state index contributed by atoms with van der Waals surface area (Å²) in [6, 6.07) is 10.7. The number of hydrogen-bond acceptors (Lipinski definition) is 2. The Hall–Kier alpha value is -1.37. The van der Waals surface area contributed by atoms with Crippen LogP contribution < -0.4 is 0 Å². The van der Waals surface area contributed by atoms with Crippen molar-refractivity contribution in [1.29, 1.82) is 0 Å². The molecule has 0 spiro atoms. The highest BCUT2D eigenvalue weighted by molar-refractivity contribution is 5.46. The van der Waals surface area contributed by atoms with Gasteiger partial charge < -0.3 is 0 Å². The first kappa shape index (κ1) is 12.1. The minimum atomic E-state index is 0.733. The maximum atomic E-state index is 4.12. The van der Waals surface area contributed by atoms with Gasteiger partial charge in [0.25, 0.3) is 0 Å². The second-order valence-electron chi connectivity index (χ2n) is 4.70. The van der Waals surface area contributed by atoms with Gasteiger partial charge in [-0.15, -0.1) is 0 Å². The van der Waals surface area contributed by atoms with E-state index in [0.29, 0.717) is 0 Å². The summed E-state index contributed by atoms with van der Waals surface area (Å²) in [5.74, 6) is 3.36. The first-order chi connectivity index (χ1) is 8.38. The number of rotatable bonds is 4. The van der Waals surface area contributed by atoms with E-state index in [1.807, 2.05) is 0 Å². The van der Waals surface area contributed by atoms with Gasteiger partial charge in [0.05, 0.1) is 6.54 Å². The molecule has 0 N–H and O–H groups in total. The van der Waals surface area contributed by atoms with E-state index >= 15 is 0 Å². The number of benzene rings is 1. The molecule has 1 aliphatic heterocycles. The van der Waals surface area contributed by atoms with Crippen molar-refractivity contribution in [2.75, 3.05) is 19.6 Å². The SMILES string of the molecule is C=C=NCC1CCN(Cc2ccccc2)CC1. The summed E-state index contributed by atoms with van der Waals surface area (Å²) in [5, 5.41) is 0. The molecule has 0 unspecified atom stereocenters. The van der Waals surface area contributed by atoms with Crippen molar-refractivity contribution in [3.8, 4) is 0 Å². The molecule has 2 heteroatoms. The normalized spacial score (nSPS) is 17.6. The predicted molar refractivity (Wildman–Crippen MR) is 72.4 cm³/mol. The molecule has 90 valence electrons. The van der Waals surface area contributed by atoms with Crippen LogP contribution >= 0.6 is 0 Å². The monoisotopic (exact) mass is 228 g/mol. The van der Waals surface area contributed by atoms with Crippen LogP contribution in [0.2, 0.25) is 0 Å². The van der Waals surface area contributed by atoms with Crippen LogP contribution in [0.3, 0.4) is 0 Å². The molecule has 0 amide bonds. The first-order valence-corrected chi connectivity index (χ1v) is 6.33. The van der Waals surface area contributed by atoms with Gasteiger partial charge in [-0.05, 0) is 49.9 Å². The van der Waals surface area contributed by atoms with Crippen LogP contribution in [0, 0.1) is 5.92 Å². The van der Waals surface area contributed by atoms with E-state index in [0.717, 1.165) is 19.0 Å². The third kappa shape index (κ3) is 3.85. The van der Waals surface area contributed by atoms with Gasteiger partial charge in [-0.25, -0.2) is 4.99 Å². The molecule has 1 aromatic rings. The minimum Gasteiger partial charge on any atom is -0.299 e. The number of aliphatic imine (C=N–C) groups is 1. The zero-order valence-electron chi connectivity index (χ0n) is 10.3. The van der Waals surface area contributed by atoms with Gasteiger partial charge in [0.15, 0.2) is 0 Å². The van der Waals surface area contributed by atoms with E-state index in [2.05, 4.69) is 52.7 Å². The lowest BCUT2D eigenvalue weighted by atomic mass is 9.96. The topological polar surface area (TPSA) is 15.6 Å². The molecule has 2 nitrogen and oxygen atoms in total. The Morgan fingerprint density at radius 3 is 2.59 bits per heavy atom. The molecule has 0 atom stereocenters. The van der Waals surface area contributed by atoms with Gasteiger partial charge >= 0.3 is 0 Å². The number of nitrogens with zero attached hydrogens (tertiary/aromatic N) is 2. The summed E-state index contributed by atoms with van der Waals surface area (Å²) in [5.41, 5.74) is 1.41. The largest absolute Gasteiger partial charge is 0.299 e. The van der Waals surface area contributed by atoms with Crippen LogP contribution in [0.1, 0.15) is 18.4 Å². The molecule has 17 heavy (non-hydrogen) atoms. The van der Waals surface area contributed by atoms with Crippen LogP contribution in [-0.4, -0.2) is 30.4 Å². The lowest BCUT2D eigenvalue weighted by molar-refractivity contribution is 0.181. The molecular formula is C15H20N2. The highest BCUT2D eigenvalue weighted by atomic mass is 15.1. The molecular weight excluding hydrogens is 208 g/mol. The Kier molecular flexibility index (Phi) is 4.54. The van der Waals surface area contributed by atoms with E-state index in [-0.39, 0.29) is 0 Å². The maximum Gasteiger partial charge on any atom is 0.0512 e. The molecule has 1 aromatic carbocycles. The van der Waals surface area contributed by atoms with Crippen LogP contribution in [0.5, 0.6) is 0 Å². The van der Waals surface area contributed by atoms with Crippen molar-refractivity contribution in [3.63, 3.8) is 0 Å². The van der Waals surface area contributed by atoms with Crippen molar-refractivity contribution in [3.05, 3.63) is 42.5 Å². The average Bonchev–Trinajstić information content (AvgIpc) is 2.39. The molecule has 1 heterocycles. The summed E-state index contributed by atoms with van der Waals surface area (Å²) >= 11 is 0. The number of piperidine rings is 1. The molecule has 1 fully saturated rings. The van der Waals surface area contributed by atoms with Crippen molar-refractivity contribution in [1.82, 2.24) is 4.90 Å². The fourth-order valence-electron chi connectivity index (χ4n) is 2.36. The molecule has 0 saturated carbocycles. The second kappa shape index (κ2) is 6.39. The average molecular weight is 228 g/mol. The van der Waals surface area contributed by atoms with Gasteiger partial charge in [-0.3, -0.25) is 4.90 Å². The Morgan fingerprint density at radius 1 is 1.24 bits per heavy atom. The summed E-state index contributed by atoms with van der Waals surface area (Å²) in [6.45, 7) is 7.87. The smallest absolute Gasteiger partial charge is 0.0512 e. The van der Waals surface area contributed by atoms with Crippen LogP contribution in [0.4, 0.5) is 0 Å². The number of hydrogen-bond donors (Lipinski definition) is 0. The third-order valence-corrected chi connectivity index (χ3v) is 3.42. The van der Waals surface area contributed by atoms with Crippen molar-refractivity contribution in [2.24, 2.45) is 10.9 Å². The Morgan fingerprint density at radius 2 is 1.94 bits per heavy atom. The minimum absolute atomic E-state index is 0.733. The third-order valence-electron chi connectivity index (χ3n) is 3.42. The zero-order valence-corrected chi connectivity index (χ0v) is 10.3. The van der Waals surface area contributed by atoms with Crippen LogP contribution in [0.25, 0.3) is 0 Å². The van der Waals surface area contributed by atoms with E-state index in [4.69, 9.17) is 0 Å². The molecule has 2 rings (SSSR count). The summed E-state index contributed by atoms with van der Waals surface area (Å²) in [4.78, 5) is 6.66. The molecule has 0 aromatic heterocycles. The van der Waals surface area contributed by atoms with Crippen LogP contribution in [-0.2, 0) is 6.54 Å². The molecule has 1 aliphatic rings. The Balaban J connectivity index is 1.77. The quantitative estimate of drug-likeness (QED) is 0.724. The van der Waals surface area contributed by atoms with Gasteiger partial charge in [0.1, 0.15) is 0 Å². The highest BCUT2D eigenvalue weighted by Gasteiger charge is 2.18. The van der Waals surface area contributed by atoms with E-state index < -0.39 is 0 Å². The fraction of sp³-hybridized carbons (Fsp3) is 0.467. The van der Waals surface area contributed by atoms with Gasteiger partial charge in [0, 0.05) is 6.54 Å². The molecule has 0 radical (unpaired) electrons. The molecule has 0 bridgehead atoms. The standard InChI is InChI=1S/C15H20N2/c1-2-16-12-14-8-10-17(11-9-14)13-15-6-4-3-5-7-15/h3-7,14H,1,8-13H2. The van der Waals surface area contributed by atoms with Crippen LogP contribution in [0.15, 0.2) is 41.9 Å². The fourth-order valence-corrected chi connectivity index (χ4v) is 2.36. The Labute approximate surface area is 104 Å². The zero-order chi connectivity index (χ0) is 11.9. The maximum absolute atomic E-state index is 4.12. The summed E-state index contributed by atoms with van der Waals surface area (Å²) < 4.78 is 0. The molecule has 0 aliphatic carbocycles. The van der Waals surface area contributed by atoms with Crippen molar-refractivity contribution in [2.45, 2.75) is 19.4 Å². The Bertz CT molecular complexity index is 371. The first-order valence-electron chi connectivity index (χ1n) is 6.33. The van der Waals surface area contributed by atoms with Gasteiger partial charge in [-0.1, -0.05) is 30.3 Å². The predicted octanol–water partition coefficient (Wildman–Crippen LogP) is 2.75. The second-order valence-corrected chi connectivity index (χ2v) is 4.70. The van der Waals surface area contributed by atoms with Gasteiger partial charge in [0.2, 0.25) is 0 Å². The van der Waals surface area contributed by atoms with E-state index in [1.54, 1.807) is 0 Å². The highest BCUT2D eigenvalue weighted by Crippen LogP contribution is 2.19. The number of likely N-dealkylation sites (tertiary alicyclic amines) is 1. The lowest BCUT2D eigenvalue weighted by Crippen LogP contribution is -2.34. The van der Waals surface area contributed by atoms with Crippen molar-refractivity contribution >= 4 is 5.87 Å². The summed E-state index contributed by atoms with van der Waals surface area (Å²) in [6.07, 6.45) is 2.50.